The van der Waals surface area contributed by atoms with Crippen molar-refractivity contribution in [3.63, 3.8) is 0 Å². The molecule has 1 fully saturated rings. The molecule has 2 rings (SSSR count). The van der Waals surface area contributed by atoms with Crippen molar-refractivity contribution in [2.75, 3.05) is 19.6 Å². The van der Waals surface area contributed by atoms with Gasteiger partial charge in [-0.05, 0) is 19.1 Å². The highest BCUT2D eigenvalue weighted by molar-refractivity contribution is 5.96. The van der Waals surface area contributed by atoms with E-state index in [1.807, 2.05) is 13.0 Å². The molecule has 1 aromatic rings. The Hall–Kier alpha value is -2.37. The smallest absolute Gasteiger partial charge is 0.310 e. The molecule has 0 bridgehead atoms. The van der Waals surface area contributed by atoms with Crippen LogP contribution in [0.15, 0.2) is 24.3 Å². The minimum Gasteiger partial charge on any atom is -0.481 e. The van der Waals surface area contributed by atoms with Gasteiger partial charge in [0.15, 0.2) is 0 Å². The molecule has 1 heterocycles. The van der Waals surface area contributed by atoms with Gasteiger partial charge in [-0.15, -0.1) is 0 Å². The topological polar surface area (TPSA) is 86.7 Å². The zero-order chi connectivity index (χ0) is 14.7. The first-order valence-corrected chi connectivity index (χ1v) is 6.33. The van der Waals surface area contributed by atoms with E-state index in [0.717, 1.165) is 5.56 Å². The second-order valence-corrected chi connectivity index (χ2v) is 4.89. The number of aryl methyl sites for hydroxylation is 1. The van der Waals surface area contributed by atoms with Crippen molar-refractivity contribution in [2.24, 2.45) is 5.92 Å². The van der Waals surface area contributed by atoms with Gasteiger partial charge < -0.3 is 15.3 Å². The lowest BCUT2D eigenvalue weighted by molar-refractivity contribution is -0.152. The van der Waals surface area contributed by atoms with Crippen molar-refractivity contribution in [3.05, 3.63) is 35.4 Å². The molecule has 0 spiro atoms. The fourth-order valence-electron chi connectivity index (χ4n) is 1.99. The maximum atomic E-state index is 11.8. The Kier molecular flexibility index (Phi) is 4.02. The number of likely N-dealkylation sites (tertiary alicyclic amines) is 1. The summed E-state index contributed by atoms with van der Waals surface area (Å²) in [6.07, 6.45) is 0. The van der Waals surface area contributed by atoms with Gasteiger partial charge in [0.25, 0.3) is 5.91 Å². The Bertz CT molecular complexity index is 550. The van der Waals surface area contributed by atoms with Crippen LogP contribution in [0.2, 0.25) is 0 Å². The summed E-state index contributed by atoms with van der Waals surface area (Å²) in [5.41, 5.74) is 1.47. The highest BCUT2D eigenvalue weighted by Crippen LogP contribution is 2.15. The molecule has 0 aromatic heterocycles. The summed E-state index contributed by atoms with van der Waals surface area (Å²) in [6, 6.07) is 7.08. The van der Waals surface area contributed by atoms with Crippen molar-refractivity contribution in [1.82, 2.24) is 10.2 Å². The van der Waals surface area contributed by atoms with Gasteiger partial charge in [0.2, 0.25) is 5.91 Å². The van der Waals surface area contributed by atoms with E-state index in [1.54, 1.807) is 18.2 Å². The van der Waals surface area contributed by atoms with Gasteiger partial charge in [-0.2, -0.15) is 0 Å². The predicted octanol–water partition coefficient (Wildman–Crippen LogP) is 0.268. The molecule has 0 radical (unpaired) electrons. The Morgan fingerprint density at radius 1 is 1.35 bits per heavy atom. The van der Waals surface area contributed by atoms with E-state index in [9.17, 15) is 14.4 Å². The molecule has 0 atom stereocenters. The average Bonchev–Trinajstić information content (AvgIpc) is 2.33. The maximum absolute atomic E-state index is 11.8. The summed E-state index contributed by atoms with van der Waals surface area (Å²) in [7, 11) is 0. The molecule has 2 amide bonds. The van der Waals surface area contributed by atoms with Gasteiger partial charge in [-0.25, -0.2) is 0 Å². The first-order valence-electron chi connectivity index (χ1n) is 6.33. The standard InChI is InChI=1S/C14H16N2O4/c1-9-3-2-4-10(5-9)13(18)15-6-12(17)16-7-11(8-16)14(19)20/h2-5,11H,6-8H2,1H3,(H,15,18)(H,19,20). The van der Waals surface area contributed by atoms with Crippen LogP contribution in [0, 0.1) is 12.8 Å². The first-order chi connectivity index (χ1) is 9.47. The molecule has 1 aliphatic heterocycles. The zero-order valence-corrected chi connectivity index (χ0v) is 11.1. The Morgan fingerprint density at radius 2 is 2.05 bits per heavy atom. The number of rotatable bonds is 4. The summed E-state index contributed by atoms with van der Waals surface area (Å²) in [6.45, 7) is 2.20. The molecular weight excluding hydrogens is 260 g/mol. The normalized spacial score (nSPS) is 14.6. The number of carbonyl (C=O) groups excluding carboxylic acids is 2. The zero-order valence-electron chi connectivity index (χ0n) is 11.1. The number of benzene rings is 1. The van der Waals surface area contributed by atoms with E-state index in [-0.39, 0.29) is 31.4 Å². The summed E-state index contributed by atoms with van der Waals surface area (Å²) in [5, 5.41) is 11.3. The fraction of sp³-hybridized carbons (Fsp3) is 0.357. The quantitative estimate of drug-likeness (QED) is 0.826. The summed E-state index contributed by atoms with van der Waals surface area (Å²) in [4.78, 5) is 35.6. The van der Waals surface area contributed by atoms with Gasteiger partial charge in [-0.1, -0.05) is 17.7 Å². The van der Waals surface area contributed by atoms with Gasteiger partial charge >= 0.3 is 5.97 Å². The number of nitrogens with one attached hydrogen (secondary N) is 1. The van der Waals surface area contributed by atoms with Gasteiger partial charge in [-0.3, -0.25) is 14.4 Å². The minimum absolute atomic E-state index is 0.112. The third-order valence-corrected chi connectivity index (χ3v) is 3.26. The van der Waals surface area contributed by atoms with Crippen molar-refractivity contribution >= 4 is 17.8 Å². The molecule has 0 saturated carbocycles. The van der Waals surface area contributed by atoms with E-state index < -0.39 is 11.9 Å². The predicted molar refractivity (Wildman–Crippen MR) is 71.2 cm³/mol. The van der Waals surface area contributed by atoms with Crippen LogP contribution in [0.25, 0.3) is 0 Å². The van der Waals surface area contributed by atoms with E-state index in [0.29, 0.717) is 5.56 Å². The summed E-state index contributed by atoms with van der Waals surface area (Å²) < 4.78 is 0. The van der Waals surface area contributed by atoms with E-state index >= 15 is 0 Å². The number of carboxylic acids is 1. The van der Waals surface area contributed by atoms with E-state index in [1.165, 1.54) is 4.90 Å². The molecule has 20 heavy (non-hydrogen) atoms. The third kappa shape index (κ3) is 3.14. The number of nitrogens with zero attached hydrogens (tertiary/aromatic N) is 1. The van der Waals surface area contributed by atoms with Crippen LogP contribution < -0.4 is 5.32 Å². The SMILES string of the molecule is Cc1cccc(C(=O)NCC(=O)N2CC(C(=O)O)C2)c1. The molecule has 2 N–H and O–H groups in total. The molecule has 6 heteroatoms. The van der Waals surface area contributed by atoms with Gasteiger partial charge in [0.1, 0.15) is 0 Å². The van der Waals surface area contributed by atoms with Crippen LogP contribution in [0.5, 0.6) is 0 Å². The number of aliphatic carboxylic acids is 1. The number of amides is 2. The van der Waals surface area contributed by atoms with Crippen LogP contribution in [-0.4, -0.2) is 47.4 Å². The highest BCUT2D eigenvalue weighted by atomic mass is 16.4. The second kappa shape index (κ2) is 5.73. The van der Waals surface area contributed by atoms with Crippen LogP contribution in [-0.2, 0) is 9.59 Å². The molecule has 0 aliphatic carbocycles. The third-order valence-electron chi connectivity index (χ3n) is 3.26. The first kappa shape index (κ1) is 14.0. The molecule has 6 nitrogen and oxygen atoms in total. The average molecular weight is 276 g/mol. The lowest BCUT2D eigenvalue weighted by atomic mass is 10.0. The molecule has 1 aliphatic rings. The lowest BCUT2D eigenvalue weighted by Crippen LogP contribution is -2.55. The second-order valence-electron chi connectivity index (χ2n) is 4.89. The minimum atomic E-state index is -0.891. The van der Waals surface area contributed by atoms with Crippen LogP contribution in [0.1, 0.15) is 15.9 Å². The molecule has 1 aromatic carbocycles. The van der Waals surface area contributed by atoms with Crippen LogP contribution >= 0.6 is 0 Å². The van der Waals surface area contributed by atoms with Crippen molar-refractivity contribution < 1.29 is 19.5 Å². The number of carbonyl (C=O) groups is 3. The largest absolute Gasteiger partial charge is 0.481 e. The number of hydrogen-bond donors (Lipinski definition) is 2. The van der Waals surface area contributed by atoms with Crippen LogP contribution in [0.4, 0.5) is 0 Å². The van der Waals surface area contributed by atoms with Crippen LogP contribution in [0.3, 0.4) is 0 Å². The maximum Gasteiger partial charge on any atom is 0.310 e. The lowest BCUT2D eigenvalue weighted by Gasteiger charge is -2.36. The number of hydrogen-bond acceptors (Lipinski definition) is 3. The molecule has 1 saturated heterocycles. The Balaban J connectivity index is 1.80. The fourth-order valence-corrected chi connectivity index (χ4v) is 1.99. The monoisotopic (exact) mass is 276 g/mol. The highest BCUT2D eigenvalue weighted by Gasteiger charge is 2.35. The molecule has 106 valence electrons. The van der Waals surface area contributed by atoms with Gasteiger partial charge in [0.05, 0.1) is 12.5 Å². The Labute approximate surface area is 116 Å². The van der Waals surface area contributed by atoms with Crippen molar-refractivity contribution in [2.45, 2.75) is 6.92 Å². The molecular formula is C14H16N2O4. The molecule has 0 unspecified atom stereocenters. The van der Waals surface area contributed by atoms with Gasteiger partial charge in [0, 0.05) is 18.7 Å². The van der Waals surface area contributed by atoms with Crippen molar-refractivity contribution in [3.8, 4) is 0 Å². The Morgan fingerprint density at radius 3 is 2.65 bits per heavy atom. The van der Waals surface area contributed by atoms with E-state index in [2.05, 4.69) is 5.32 Å². The van der Waals surface area contributed by atoms with Crippen molar-refractivity contribution in [1.29, 1.82) is 0 Å². The summed E-state index contributed by atoms with van der Waals surface area (Å²) >= 11 is 0. The summed E-state index contributed by atoms with van der Waals surface area (Å²) in [5.74, 6) is -1.94. The van der Waals surface area contributed by atoms with E-state index in [4.69, 9.17) is 5.11 Å². The number of carboxylic acid groups (broad SMARTS) is 1.